The molecule has 0 aliphatic heterocycles. The molecule has 0 saturated heterocycles. The minimum atomic E-state index is -3.69. The van der Waals surface area contributed by atoms with E-state index in [0.717, 1.165) is 17.5 Å². The van der Waals surface area contributed by atoms with Gasteiger partial charge in [-0.2, -0.15) is 0 Å². The number of benzene rings is 2. The molecule has 0 aliphatic carbocycles. The number of sulfonamides is 1. The summed E-state index contributed by atoms with van der Waals surface area (Å²) in [4.78, 5) is 11.9. The zero-order chi connectivity index (χ0) is 17.6. The minimum Gasteiger partial charge on any atom is -0.352 e. The van der Waals surface area contributed by atoms with Crippen LogP contribution in [0.5, 0.6) is 0 Å². The van der Waals surface area contributed by atoms with Gasteiger partial charge in [0.05, 0.1) is 4.90 Å². The van der Waals surface area contributed by atoms with Gasteiger partial charge in [0.2, 0.25) is 15.9 Å². The predicted molar refractivity (Wildman–Crippen MR) is 94.1 cm³/mol. The summed E-state index contributed by atoms with van der Waals surface area (Å²) in [6.45, 7) is 0.343. The van der Waals surface area contributed by atoms with Crippen molar-refractivity contribution in [3.63, 3.8) is 0 Å². The molecular weight excluding hydrogens is 348 g/mol. The molecule has 0 unspecified atom stereocenters. The van der Waals surface area contributed by atoms with E-state index in [9.17, 15) is 13.2 Å². The van der Waals surface area contributed by atoms with E-state index in [-0.39, 0.29) is 10.8 Å². The molecule has 5 nitrogen and oxygen atoms in total. The van der Waals surface area contributed by atoms with Gasteiger partial charge in [-0.25, -0.2) is 13.6 Å². The fourth-order valence-corrected chi connectivity index (χ4v) is 2.97. The summed E-state index contributed by atoms with van der Waals surface area (Å²) in [6, 6.07) is 13.7. The van der Waals surface area contributed by atoms with Crippen molar-refractivity contribution in [2.24, 2.45) is 5.14 Å². The fraction of sp³-hybridized carbons (Fsp3) is 0.235. The van der Waals surface area contributed by atoms with Crippen LogP contribution in [0.4, 0.5) is 0 Å². The van der Waals surface area contributed by atoms with Crippen LogP contribution >= 0.6 is 11.6 Å². The van der Waals surface area contributed by atoms with E-state index in [2.05, 4.69) is 5.32 Å². The van der Waals surface area contributed by atoms with Crippen LogP contribution in [0.3, 0.4) is 0 Å². The molecule has 0 saturated carbocycles. The Hall–Kier alpha value is -1.89. The van der Waals surface area contributed by atoms with Crippen LogP contribution in [-0.4, -0.2) is 14.3 Å². The van der Waals surface area contributed by atoms with Gasteiger partial charge in [-0.15, -0.1) is 0 Å². The maximum absolute atomic E-state index is 11.9. The molecule has 0 heterocycles. The molecule has 0 bridgehead atoms. The van der Waals surface area contributed by atoms with Gasteiger partial charge in [0.1, 0.15) is 0 Å². The van der Waals surface area contributed by atoms with Gasteiger partial charge in [0, 0.05) is 18.0 Å². The number of halogens is 1. The molecule has 0 radical (unpaired) electrons. The minimum absolute atomic E-state index is 0.0531. The van der Waals surface area contributed by atoms with Gasteiger partial charge in [0.15, 0.2) is 0 Å². The first-order valence-corrected chi connectivity index (χ1v) is 9.40. The van der Waals surface area contributed by atoms with Gasteiger partial charge in [-0.3, -0.25) is 4.79 Å². The third-order valence-electron chi connectivity index (χ3n) is 3.55. The van der Waals surface area contributed by atoms with Crippen LogP contribution in [0.25, 0.3) is 0 Å². The van der Waals surface area contributed by atoms with Crippen molar-refractivity contribution in [3.05, 3.63) is 64.7 Å². The predicted octanol–water partition coefficient (Wildman–Crippen LogP) is 2.63. The first-order chi connectivity index (χ1) is 11.4. The van der Waals surface area contributed by atoms with E-state index in [1.165, 1.54) is 12.1 Å². The van der Waals surface area contributed by atoms with E-state index >= 15 is 0 Å². The molecular formula is C17H19ClN2O3S. The molecule has 0 aromatic heterocycles. The summed E-state index contributed by atoms with van der Waals surface area (Å²) in [5, 5.41) is 8.56. The zero-order valence-electron chi connectivity index (χ0n) is 13.0. The van der Waals surface area contributed by atoms with E-state index in [4.69, 9.17) is 16.7 Å². The lowest BCUT2D eigenvalue weighted by Crippen LogP contribution is -2.22. The lowest BCUT2D eigenvalue weighted by Gasteiger charge is -2.07. The third-order valence-corrected chi connectivity index (χ3v) is 4.85. The number of rotatable bonds is 7. The first-order valence-electron chi connectivity index (χ1n) is 7.48. The molecule has 1 amide bonds. The number of nitrogens with two attached hydrogens (primary N) is 1. The van der Waals surface area contributed by atoms with Crippen molar-refractivity contribution in [1.82, 2.24) is 5.32 Å². The molecule has 24 heavy (non-hydrogen) atoms. The van der Waals surface area contributed by atoms with Gasteiger partial charge in [-0.05, 0) is 42.2 Å². The molecule has 0 atom stereocenters. The maximum Gasteiger partial charge on any atom is 0.238 e. The number of hydrogen-bond acceptors (Lipinski definition) is 3. The van der Waals surface area contributed by atoms with E-state index in [0.29, 0.717) is 24.4 Å². The Morgan fingerprint density at radius 1 is 1.08 bits per heavy atom. The van der Waals surface area contributed by atoms with Crippen LogP contribution < -0.4 is 10.5 Å². The van der Waals surface area contributed by atoms with Crippen molar-refractivity contribution in [2.45, 2.75) is 30.7 Å². The highest BCUT2D eigenvalue weighted by Crippen LogP contribution is 2.17. The summed E-state index contributed by atoms with van der Waals surface area (Å²) in [5.74, 6) is -0.0578. The number of carbonyl (C=O) groups excluding carboxylic acids is 1. The summed E-state index contributed by atoms with van der Waals surface area (Å²) >= 11 is 6.07. The van der Waals surface area contributed by atoms with Crippen LogP contribution in [-0.2, 0) is 27.8 Å². The number of nitrogens with one attached hydrogen (secondary N) is 1. The Bertz CT molecular complexity index is 805. The Balaban J connectivity index is 1.76. The Kier molecular flexibility index (Phi) is 6.36. The maximum atomic E-state index is 11.9. The highest BCUT2D eigenvalue weighted by molar-refractivity contribution is 7.89. The summed E-state index contributed by atoms with van der Waals surface area (Å²) in [5.41, 5.74) is 1.84. The largest absolute Gasteiger partial charge is 0.352 e. The normalized spacial score (nSPS) is 11.2. The molecule has 2 aromatic carbocycles. The van der Waals surface area contributed by atoms with Crippen molar-refractivity contribution in [2.75, 3.05) is 0 Å². The summed E-state index contributed by atoms with van der Waals surface area (Å²) in [6.07, 6.45) is 1.86. The molecule has 2 rings (SSSR count). The van der Waals surface area contributed by atoms with Crippen molar-refractivity contribution in [1.29, 1.82) is 0 Å². The fourth-order valence-electron chi connectivity index (χ4n) is 2.23. The van der Waals surface area contributed by atoms with Crippen LogP contribution in [0.1, 0.15) is 24.0 Å². The van der Waals surface area contributed by atoms with E-state index in [1.54, 1.807) is 12.1 Å². The highest BCUT2D eigenvalue weighted by atomic mass is 35.5. The lowest BCUT2D eigenvalue weighted by atomic mass is 10.1. The smallest absolute Gasteiger partial charge is 0.238 e. The average Bonchev–Trinajstić information content (AvgIpc) is 2.54. The van der Waals surface area contributed by atoms with Gasteiger partial charge >= 0.3 is 0 Å². The number of hydrogen-bond donors (Lipinski definition) is 2. The second-order valence-corrected chi connectivity index (χ2v) is 7.38. The third kappa shape index (κ3) is 5.63. The zero-order valence-corrected chi connectivity index (χ0v) is 14.6. The van der Waals surface area contributed by atoms with Crippen LogP contribution in [0.2, 0.25) is 5.02 Å². The molecule has 0 spiro atoms. The Morgan fingerprint density at radius 3 is 2.38 bits per heavy atom. The van der Waals surface area contributed by atoms with Crippen molar-refractivity contribution < 1.29 is 13.2 Å². The molecule has 128 valence electrons. The number of aryl methyl sites for hydroxylation is 1. The van der Waals surface area contributed by atoms with Gasteiger partial charge in [-0.1, -0.05) is 41.9 Å². The summed E-state index contributed by atoms with van der Waals surface area (Å²) < 4.78 is 22.3. The van der Waals surface area contributed by atoms with Crippen LogP contribution in [0, 0.1) is 0 Å². The molecule has 0 fully saturated rings. The van der Waals surface area contributed by atoms with Gasteiger partial charge in [0.25, 0.3) is 0 Å². The SMILES string of the molecule is NS(=O)(=O)c1ccc(CNC(=O)CCCc2ccccc2Cl)cc1. The van der Waals surface area contributed by atoms with Crippen LogP contribution in [0.15, 0.2) is 53.4 Å². The first kappa shape index (κ1) is 18.4. The number of amides is 1. The average molecular weight is 367 g/mol. The quantitative estimate of drug-likeness (QED) is 0.789. The second kappa shape index (κ2) is 8.28. The van der Waals surface area contributed by atoms with Crippen molar-refractivity contribution in [3.8, 4) is 0 Å². The lowest BCUT2D eigenvalue weighted by molar-refractivity contribution is -0.121. The second-order valence-electron chi connectivity index (χ2n) is 5.41. The molecule has 7 heteroatoms. The molecule has 0 aliphatic rings. The van der Waals surface area contributed by atoms with Gasteiger partial charge < -0.3 is 5.32 Å². The summed E-state index contributed by atoms with van der Waals surface area (Å²) in [7, 11) is -3.69. The number of carbonyl (C=O) groups is 1. The Labute approximate surface area is 146 Å². The van der Waals surface area contributed by atoms with E-state index in [1.807, 2.05) is 24.3 Å². The van der Waals surface area contributed by atoms with Crippen molar-refractivity contribution >= 4 is 27.5 Å². The molecule has 2 aromatic rings. The highest BCUT2D eigenvalue weighted by Gasteiger charge is 2.07. The Morgan fingerprint density at radius 2 is 1.75 bits per heavy atom. The monoisotopic (exact) mass is 366 g/mol. The van der Waals surface area contributed by atoms with E-state index < -0.39 is 10.0 Å². The standard InChI is InChI=1S/C17H19ClN2O3S/c18-16-6-2-1-4-14(16)5-3-7-17(21)20-12-13-8-10-15(11-9-13)24(19,22)23/h1-2,4,6,8-11H,3,5,7,12H2,(H,20,21)(H2,19,22,23). The number of primary sulfonamides is 1. The molecule has 3 N–H and O–H groups in total. The topological polar surface area (TPSA) is 89.3 Å².